The molecule has 0 N–H and O–H groups in total. The first kappa shape index (κ1) is 17.3. The first-order valence-electron chi connectivity index (χ1n) is 8.60. The average molecular weight is 344 g/mol. The highest BCUT2D eigenvalue weighted by Crippen LogP contribution is 2.10. The standard InChI is InChI=1S/C17H24N6O2/c1-25-16(24)15-13-22(14-20-15)8-3-2-7-21-9-11-23(12-10-21)17-18-5-4-6-19-17/h4-6,13-14H,2-3,7-12H2,1H3. The summed E-state index contributed by atoms with van der Waals surface area (Å²) in [6, 6.07) is 1.84. The first-order valence-corrected chi connectivity index (χ1v) is 8.60. The van der Waals surface area contributed by atoms with Crippen LogP contribution in [0, 0.1) is 0 Å². The third-order valence-corrected chi connectivity index (χ3v) is 4.38. The summed E-state index contributed by atoms with van der Waals surface area (Å²) in [6.45, 7) is 5.96. The Morgan fingerprint density at radius 3 is 2.52 bits per heavy atom. The Hall–Kier alpha value is -2.48. The molecule has 2 aromatic rings. The van der Waals surface area contributed by atoms with E-state index in [1.165, 1.54) is 7.11 Å². The van der Waals surface area contributed by atoms with Crippen molar-refractivity contribution in [2.24, 2.45) is 0 Å². The summed E-state index contributed by atoms with van der Waals surface area (Å²) in [4.78, 5) is 28.8. The quantitative estimate of drug-likeness (QED) is 0.549. The first-order chi connectivity index (χ1) is 12.3. The molecule has 0 unspecified atom stereocenters. The second-order valence-electron chi connectivity index (χ2n) is 6.07. The summed E-state index contributed by atoms with van der Waals surface area (Å²) in [5.41, 5.74) is 0.363. The number of ether oxygens (including phenoxy) is 1. The maximum absolute atomic E-state index is 11.4. The normalized spacial score (nSPS) is 15.3. The van der Waals surface area contributed by atoms with E-state index in [2.05, 4.69) is 29.5 Å². The van der Waals surface area contributed by atoms with Crippen molar-refractivity contribution in [3.63, 3.8) is 0 Å². The second kappa shape index (κ2) is 8.57. The van der Waals surface area contributed by atoms with Gasteiger partial charge in [0.2, 0.25) is 5.95 Å². The highest BCUT2D eigenvalue weighted by atomic mass is 16.5. The van der Waals surface area contributed by atoms with Gasteiger partial charge in [-0.25, -0.2) is 19.7 Å². The van der Waals surface area contributed by atoms with Crippen LogP contribution in [0.3, 0.4) is 0 Å². The van der Waals surface area contributed by atoms with Crippen LogP contribution in [-0.4, -0.2) is 70.2 Å². The number of rotatable bonds is 7. The fourth-order valence-corrected chi connectivity index (χ4v) is 2.95. The summed E-state index contributed by atoms with van der Waals surface area (Å²) in [5, 5.41) is 0. The molecule has 0 aromatic carbocycles. The number of hydrogen-bond acceptors (Lipinski definition) is 7. The molecule has 3 rings (SSSR count). The van der Waals surface area contributed by atoms with Gasteiger partial charge in [-0.2, -0.15) is 0 Å². The third kappa shape index (κ3) is 4.76. The molecule has 0 atom stereocenters. The number of aromatic nitrogens is 4. The summed E-state index contributed by atoms with van der Waals surface area (Å²) in [7, 11) is 1.37. The SMILES string of the molecule is COC(=O)c1cn(CCCCN2CCN(c3ncccn3)CC2)cn1. The molecule has 0 radical (unpaired) electrons. The van der Waals surface area contributed by atoms with E-state index in [0.29, 0.717) is 5.69 Å². The van der Waals surface area contributed by atoms with Crippen LogP contribution in [0.4, 0.5) is 5.95 Å². The zero-order chi connectivity index (χ0) is 17.5. The number of hydrogen-bond donors (Lipinski definition) is 0. The monoisotopic (exact) mass is 344 g/mol. The number of methoxy groups -OCH3 is 1. The number of imidazole rings is 1. The van der Waals surface area contributed by atoms with Gasteiger partial charge in [0.25, 0.3) is 0 Å². The van der Waals surface area contributed by atoms with Gasteiger partial charge in [0.05, 0.1) is 13.4 Å². The minimum Gasteiger partial charge on any atom is -0.464 e. The van der Waals surface area contributed by atoms with Crippen molar-refractivity contribution < 1.29 is 9.53 Å². The van der Waals surface area contributed by atoms with Gasteiger partial charge in [-0.15, -0.1) is 0 Å². The lowest BCUT2D eigenvalue weighted by atomic mass is 10.2. The highest BCUT2D eigenvalue weighted by Gasteiger charge is 2.18. The van der Waals surface area contributed by atoms with Gasteiger partial charge in [0.15, 0.2) is 5.69 Å². The number of carbonyl (C=O) groups is 1. The Bertz CT molecular complexity index is 667. The molecule has 0 amide bonds. The van der Waals surface area contributed by atoms with E-state index >= 15 is 0 Å². The van der Waals surface area contributed by atoms with Crippen molar-refractivity contribution in [3.05, 3.63) is 36.7 Å². The summed E-state index contributed by atoms with van der Waals surface area (Å²) in [6.07, 6.45) is 9.18. The van der Waals surface area contributed by atoms with Gasteiger partial charge in [-0.05, 0) is 25.5 Å². The van der Waals surface area contributed by atoms with E-state index in [4.69, 9.17) is 0 Å². The van der Waals surface area contributed by atoms with Crippen LogP contribution in [0.5, 0.6) is 0 Å². The maximum atomic E-state index is 11.4. The molecule has 1 aliphatic rings. The van der Waals surface area contributed by atoms with E-state index in [1.807, 2.05) is 10.6 Å². The number of esters is 1. The van der Waals surface area contributed by atoms with E-state index < -0.39 is 0 Å². The van der Waals surface area contributed by atoms with Crippen molar-refractivity contribution in [2.45, 2.75) is 19.4 Å². The zero-order valence-electron chi connectivity index (χ0n) is 14.5. The van der Waals surface area contributed by atoms with Gasteiger partial charge >= 0.3 is 5.97 Å². The molecule has 3 heterocycles. The van der Waals surface area contributed by atoms with Crippen molar-refractivity contribution >= 4 is 11.9 Å². The molecule has 0 spiro atoms. The molecule has 2 aromatic heterocycles. The molecule has 0 saturated carbocycles. The number of piperazine rings is 1. The van der Waals surface area contributed by atoms with Crippen LogP contribution in [0.1, 0.15) is 23.3 Å². The van der Waals surface area contributed by atoms with Crippen molar-refractivity contribution in [1.29, 1.82) is 0 Å². The second-order valence-corrected chi connectivity index (χ2v) is 6.07. The Labute approximate surface area is 147 Å². The van der Waals surface area contributed by atoms with E-state index in [1.54, 1.807) is 24.9 Å². The maximum Gasteiger partial charge on any atom is 0.358 e. The number of unbranched alkanes of at least 4 members (excludes halogenated alkanes) is 1. The van der Waals surface area contributed by atoms with Crippen molar-refractivity contribution in [1.82, 2.24) is 24.4 Å². The van der Waals surface area contributed by atoms with E-state index in [-0.39, 0.29) is 5.97 Å². The fraction of sp³-hybridized carbons (Fsp3) is 0.529. The molecule has 8 heteroatoms. The lowest BCUT2D eigenvalue weighted by molar-refractivity contribution is 0.0594. The van der Waals surface area contributed by atoms with Gasteiger partial charge < -0.3 is 14.2 Å². The smallest absolute Gasteiger partial charge is 0.358 e. The van der Waals surface area contributed by atoms with Gasteiger partial charge in [0, 0.05) is 51.3 Å². The minimum atomic E-state index is -0.390. The summed E-state index contributed by atoms with van der Waals surface area (Å²) in [5.74, 6) is 0.433. The van der Waals surface area contributed by atoms with Crippen molar-refractivity contribution in [2.75, 3.05) is 44.7 Å². The lowest BCUT2D eigenvalue weighted by Crippen LogP contribution is -2.47. The molecule has 0 aliphatic carbocycles. The Morgan fingerprint density at radius 1 is 1.08 bits per heavy atom. The number of anilines is 1. The summed E-state index contributed by atoms with van der Waals surface area (Å²) < 4.78 is 6.60. The topological polar surface area (TPSA) is 76.4 Å². The number of carbonyl (C=O) groups excluding carboxylic acids is 1. The predicted octanol–water partition coefficient (Wildman–Crippen LogP) is 1.06. The molecule has 0 bridgehead atoms. The Morgan fingerprint density at radius 2 is 1.80 bits per heavy atom. The highest BCUT2D eigenvalue weighted by molar-refractivity contribution is 5.86. The number of aryl methyl sites for hydroxylation is 1. The van der Waals surface area contributed by atoms with Crippen LogP contribution in [0.15, 0.2) is 31.0 Å². The lowest BCUT2D eigenvalue weighted by Gasteiger charge is -2.34. The van der Waals surface area contributed by atoms with E-state index in [0.717, 1.165) is 58.1 Å². The van der Waals surface area contributed by atoms with Gasteiger partial charge in [0.1, 0.15) is 0 Å². The van der Waals surface area contributed by atoms with Crippen LogP contribution in [-0.2, 0) is 11.3 Å². The molecular weight excluding hydrogens is 320 g/mol. The van der Waals surface area contributed by atoms with E-state index in [9.17, 15) is 4.79 Å². The zero-order valence-corrected chi connectivity index (χ0v) is 14.5. The third-order valence-electron chi connectivity index (χ3n) is 4.38. The van der Waals surface area contributed by atoms with Gasteiger partial charge in [-0.3, -0.25) is 4.90 Å². The minimum absolute atomic E-state index is 0.363. The Kier molecular flexibility index (Phi) is 5.95. The molecule has 8 nitrogen and oxygen atoms in total. The van der Waals surface area contributed by atoms with Crippen LogP contribution >= 0.6 is 0 Å². The Balaban J connectivity index is 1.34. The average Bonchev–Trinajstić information content (AvgIpc) is 3.15. The van der Waals surface area contributed by atoms with Crippen LogP contribution in [0.2, 0.25) is 0 Å². The van der Waals surface area contributed by atoms with Gasteiger partial charge in [-0.1, -0.05) is 0 Å². The molecular formula is C17H24N6O2. The van der Waals surface area contributed by atoms with Crippen LogP contribution in [0.25, 0.3) is 0 Å². The molecule has 25 heavy (non-hydrogen) atoms. The van der Waals surface area contributed by atoms with Crippen molar-refractivity contribution in [3.8, 4) is 0 Å². The largest absolute Gasteiger partial charge is 0.464 e. The molecule has 1 aliphatic heterocycles. The molecule has 1 saturated heterocycles. The number of nitrogens with zero attached hydrogens (tertiary/aromatic N) is 6. The molecule has 1 fully saturated rings. The molecule has 134 valence electrons. The fourth-order valence-electron chi connectivity index (χ4n) is 2.95. The van der Waals surface area contributed by atoms with Crippen LogP contribution < -0.4 is 4.90 Å². The predicted molar refractivity (Wildman–Crippen MR) is 93.5 cm³/mol. The summed E-state index contributed by atoms with van der Waals surface area (Å²) >= 11 is 0.